The van der Waals surface area contributed by atoms with Crippen molar-refractivity contribution in [3.8, 4) is 0 Å². The average Bonchev–Trinajstić information content (AvgIpc) is 2.26. The summed E-state index contributed by atoms with van der Waals surface area (Å²) in [4.78, 5) is 10.7. The molecule has 0 amide bonds. The Morgan fingerprint density at radius 2 is 1.93 bits per heavy atom. The van der Waals surface area contributed by atoms with Gasteiger partial charge < -0.3 is 14.8 Å². The molecule has 0 radical (unpaired) electrons. The van der Waals surface area contributed by atoms with Crippen LogP contribution in [0.15, 0.2) is 0 Å². The zero-order chi connectivity index (χ0) is 11.4. The van der Waals surface area contributed by atoms with Gasteiger partial charge in [0.25, 0.3) is 0 Å². The molecule has 0 fully saturated rings. The van der Waals surface area contributed by atoms with Gasteiger partial charge in [-0.05, 0) is 32.4 Å². The van der Waals surface area contributed by atoms with E-state index in [9.17, 15) is 4.79 Å². The summed E-state index contributed by atoms with van der Waals surface area (Å²) >= 11 is 0. The summed E-state index contributed by atoms with van der Waals surface area (Å²) in [5, 5.41) is 3.25. The van der Waals surface area contributed by atoms with Gasteiger partial charge in [-0.2, -0.15) is 0 Å². The predicted molar refractivity (Wildman–Crippen MR) is 59.8 cm³/mol. The molecule has 4 heteroatoms. The Morgan fingerprint density at radius 1 is 1.20 bits per heavy atom. The first-order valence-corrected chi connectivity index (χ1v) is 5.66. The number of carbonyl (C=O) groups excluding carboxylic acids is 1. The van der Waals surface area contributed by atoms with Crippen LogP contribution in [0, 0.1) is 0 Å². The maximum absolute atomic E-state index is 10.7. The second-order valence-corrected chi connectivity index (χ2v) is 3.40. The molecule has 0 unspecified atom stereocenters. The normalized spacial score (nSPS) is 10.3. The van der Waals surface area contributed by atoms with Gasteiger partial charge in [0.15, 0.2) is 0 Å². The number of hydrogen-bond donors (Lipinski definition) is 1. The Hall–Kier alpha value is -0.610. The van der Waals surface area contributed by atoms with Crippen molar-refractivity contribution in [3.05, 3.63) is 0 Å². The summed E-state index contributed by atoms with van der Waals surface area (Å²) in [7, 11) is 1.42. The van der Waals surface area contributed by atoms with Crippen LogP contribution in [0.5, 0.6) is 0 Å². The van der Waals surface area contributed by atoms with Gasteiger partial charge in [0.05, 0.1) is 7.11 Å². The average molecular weight is 217 g/mol. The minimum absolute atomic E-state index is 0.136. The van der Waals surface area contributed by atoms with Crippen molar-refractivity contribution in [2.75, 3.05) is 33.4 Å². The highest BCUT2D eigenvalue weighted by molar-refractivity contribution is 5.68. The minimum Gasteiger partial charge on any atom is -0.469 e. The first-order chi connectivity index (χ1) is 7.31. The molecule has 0 saturated heterocycles. The lowest BCUT2D eigenvalue weighted by Crippen LogP contribution is -2.19. The largest absolute Gasteiger partial charge is 0.469 e. The standard InChI is InChI=1S/C11H23NO3/c1-3-9-15-10-5-8-12-7-4-6-11(13)14-2/h12H,3-10H2,1-2H3. The molecule has 1 N–H and O–H groups in total. The third kappa shape index (κ3) is 11.3. The van der Waals surface area contributed by atoms with Gasteiger partial charge in [-0.1, -0.05) is 6.92 Å². The number of carbonyl (C=O) groups is 1. The summed E-state index contributed by atoms with van der Waals surface area (Å²) in [6.45, 7) is 5.58. The van der Waals surface area contributed by atoms with Crippen molar-refractivity contribution in [2.24, 2.45) is 0 Å². The lowest BCUT2D eigenvalue weighted by atomic mass is 10.3. The molecule has 0 aromatic rings. The molecule has 15 heavy (non-hydrogen) atoms. The third-order valence-corrected chi connectivity index (χ3v) is 1.95. The quantitative estimate of drug-likeness (QED) is 0.443. The van der Waals surface area contributed by atoms with Gasteiger partial charge in [0.1, 0.15) is 0 Å². The molecule has 0 rings (SSSR count). The Balaban J connectivity index is 2.95. The van der Waals surface area contributed by atoms with Gasteiger partial charge in [-0.15, -0.1) is 0 Å². The number of nitrogens with one attached hydrogen (secondary N) is 1. The minimum atomic E-state index is -0.136. The van der Waals surface area contributed by atoms with E-state index < -0.39 is 0 Å². The molecule has 0 atom stereocenters. The molecule has 0 bridgehead atoms. The first-order valence-electron chi connectivity index (χ1n) is 5.66. The van der Waals surface area contributed by atoms with Crippen LogP contribution in [-0.4, -0.2) is 39.4 Å². The van der Waals surface area contributed by atoms with E-state index in [0.29, 0.717) is 6.42 Å². The van der Waals surface area contributed by atoms with E-state index in [1.807, 2.05) is 0 Å². The van der Waals surface area contributed by atoms with Crippen LogP contribution in [-0.2, 0) is 14.3 Å². The second kappa shape index (κ2) is 11.5. The smallest absolute Gasteiger partial charge is 0.305 e. The Kier molecular flexibility index (Phi) is 11.0. The van der Waals surface area contributed by atoms with Crippen molar-refractivity contribution < 1.29 is 14.3 Å². The van der Waals surface area contributed by atoms with Crippen LogP contribution in [0.2, 0.25) is 0 Å². The van der Waals surface area contributed by atoms with Crippen LogP contribution in [0.4, 0.5) is 0 Å². The summed E-state index contributed by atoms with van der Waals surface area (Å²) in [6.07, 6.45) is 3.43. The van der Waals surface area contributed by atoms with E-state index in [1.54, 1.807) is 0 Å². The van der Waals surface area contributed by atoms with Gasteiger partial charge in [-0.25, -0.2) is 0 Å². The number of esters is 1. The van der Waals surface area contributed by atoms with Crippen molar-refractivity contribution >= 4 is 5.97 Å². The highest BCUT2D eigenvalue weighted by Crippen LogP contribution is 1.90. The number of hydrogen-bond acceptors (Lipinski definition) is 4. The molecule has 4 nitrogen and oxygen atoms in total. The predicted octanol–water partition coefficient (Wildman–Crippen LogP) is 1.35. The molecular weight excluding hydrogens is 194 g/mol. The molecule has 0 aliphatic heterocycles. The van der Waals surface area contributed by atoms with Crippen LogP contribution in [0.3, 0.4) is 0 Å². The highest BCUT2D eigenvalue weighted by atomic mass is 16.5. The Morgan fingerprint density at radius 3 is 2.60 bits per heavy atom. The van der Waals surface area contributed by atoms with Crippen LogP contribution in [0.1, 0.15) is 32.6 Å². The van der Waals surface area contributed by atoms with Gasteiger partial charge >= 0.3 is 5.97 Å². The zero-order valence-corrected chi connectivity index (χ0v) is 9.88. The number of methoxy groups -OCH3 is 1. The summed E-state index contributed by atoms with van der Waals surface area (Å²) < 4.78 is 9.87. The van der Waals surface area contributed by atoms with Crippen molar-refractivity contribution in [1.82, 2.24) is 5.32 Å². The topological polar surface area (TPSA) is 47.6 Å². The van der Waals surface area contributed by atoms with Crippen LogP contribution >= 0.6 is 0 Å². The third-order valence-electron chi connectivity index (χ3n) is 1.95. The molecule has 0 aromatic carbocycles. The molecule has 0 heterocycles. The first kappa shape index (κ1) is 14.4. The molecular formula is C11H23NO3. The lowest BCUT2D eigenvalue weighted by Gasteiger charge is -2.04. The maximum atomic E-state index is 10.7. The number of rotatable bonds is 10. The Labute approximate surface area is 92.3 Å². The van der Waals surface area contributed by atoms with E-state index in [1.165, 1.54) is 7.11 Å². The van der Waals surface area contributed by atoms with Crippen LogP contribution < -0.4 is 5.32 Å². The van der Waals surface area contributed by atoms with Crippen molar-refractivity contribution in [2.45, 2.75) is 32.6 Å². The van der Waals surface area contributed by atoms with E-state index in [0.717, 1.165) is 45.6 Å². The fourth-order valence-electron chi connectivity index (χ4n) is 1.13. The monoisotopic (exact) mass is 217 g/mol. The molecule has 0 saturated carbocycles. The summed E-state index contributed by atoms with van der Waals surface area (Å²) in [5.41, 5.74) is 0. The Bertz CT molecular complexity index is 151. The van der Waals surface area contributed by atoms with E-state index >= 15 is 0 Å². The second-order valence-electron chi connectivity index (χ2n) is 3.40. The van der Waals surface area contributed by atoms with E-state index in [2.05, 4.69) is 17.0 Å². The molecule has 0 aromatic heterocycles. The molecule has 90 valence electrons. The highest BCUT2D eigenvalue weighted by Gasteiger charge is 1.98. The van der Waals surface area contributed by atoms with E-state index in [-0.39, 0.29) is 5.97 Å². The fourth-order valence-corrected chi connectivity index (χ4v) is 1.13. The van der Waals surface area contributed by atoms with Gasteiger partial charge in [-0.3, -0.25) is 4.79 Å². The SMILES string of the molecule is CCCOCCCNCCCC(=O)OC. The van der Waals surface area contributed by atoms with Crippen molar-refractivity contribution in [3.63, 3.8) is 0 Å². The molecule has 0 spiro atoms. The van der Waals surface area contributed by atoms with Crippen molar-refractivity contribution in [1.29, 1.82) is 0 Å². The van der Waals surface area contributed by atoms with Gasteiger partial charge in [0, 0.05) is 19.6 Å². The van der Waals surface area contributed by atoms with E-state index in [4.69, 9.17) is 4.74 Å². The summed E-state index contributed by atoms with van der Waals surface area (Å²) in [5.74, 6) is -0.136. The van der Waals surface area contributed by atoms with Gasteiger partial charge in [0.2, 0.25) is 0 Å². The van der Waals surface area contributed by atoms with Crippen LogP contribution in [0.25, 0.3) is 0 Å². The molecule has 0 aliphatic carbocycles. The number of ether oxygens (including phenoxy) is 2. The maximum Gasteiger partial charge on any atom is 0.305 e. The fraction of sp³-hybridized carbons (Fsp3) is 0.909. The zero-order valence-electron chi connectivity index (χ0n) is 9.88. The lowest BCUT2D eigenvalue weighted by molar-refractivity contribution is -0.140. The summed E-state index contributed by atoms with van der Waals surface area (Å²) in [6, 6.07) is 0. The molecule has 0 aliphatic rings.